The lowest BCUT2D eigenvalue weighted by molar-refractivity contribution is 0.602. The second kappa shape index (κ2) is 7.87. The first-order chi connectivity index (χ1) is 12.6. The summed E-state index contributed by atoms with van der Waals surface area (Å²) in [5, 5.41) is 4.59. The Balaban J connectivity index is 2.10. The Hall–Kier alpha value is -3.08. The minimum Gasteiger partial charge on any atom is -0.260 e. The molecule has 2 aromatic heterocycles. The highest BCUT2D eigenvalue weighted by Crippen LogP contribution is 2.27. The van der Waals surface area contributed by atoms with E-state index in [2.05, 4.69) is 10.1 Å². The van der Waals surface area contributed by atoms with Gasteiger partial charge in [0.05, 0.1) is 17.9 Å². The van der Waals surface area contributed by atoms with Crippen LogP contribution in [0.1, 0.15) is 13.8 Å². The van der Waals surface area contributed by atoms with E-state index in [1.807, 2.05) is 24.3 Å². The summed E-state index contributed by atoms with van der Waals surface area (Å²) >= 11 is 0. The molecule has 0 aliphatic heterocycles. The molecule has 0 fully saturated rings. The number of allylic oxidation sites excluding steroid dienone is 4. The minimum absolute atomic E-state index is 0.241. The number of nitrogens with zero attached hydrogens (tertiary/aromatic N) is 3. The molecule has 132 valence electrons. The third kappa shape index (κ3) is 3.77. The van der Waals surface area contributed by atoms with Crippen LogP contribution in [0.3, 0.4) is 0 Å². The van der Waals surface area contributed by atoms with Crippen molar-refractivity contribution in [2.24, 2.45) is 0 Å². The lowest BCUT2D eigenvalue weighted by atomic mass is 10.1. The van der Waals surface area contributed by atoms with Crippen LogP contribution in [0.25, 0.3) is 22.6 Å². The van der Waals surface area contributed by atoms with Gasteiger partial charge in [-0.3, -0.25) is 9.67 Å². The molecule has 0 saturated carbocycles. The SMILES string of the molecule is CC=C(F)C(=CC)Cn1nc(-c2ccccn2)cc1-c1cccc(F)c1. The lowest BCUT2D eigenvalue weighted by Crippen LogP contribution is -2.06. The van der Waals surface area contributed by atoms with E-state index in [1.54, 1.807) is 42.9 Å². The molecule has 0 radical (unpaired) electrons. The van der Waals surface area contributed by atoms with Crippen LogP contribution in [0.2, 0.25) is 0 Å². The molecule has 0 saturated heterocycles. The molecular formula is C21H19F2N3. The monoisotopic (exact) mass is 351 g/mol. The van der Waals surface area contributed by atoms with Crippen molar-refractivity contribution in [2.75, 3.05) is 0 Å². The Labute approximate surface area is 151 Å². The lowest BCUT2D eigenvalue weighted by Gasteiger charge is -2.10. The van der Waals surface area contributed by atoms with E-state index >= 15 is 0 Å². The molecule has 5 heteroatoms. The van der Waals surface area contributed by atoms with Crippen LogP contribution in [-0.2, 0) is 6.54 Å². The van der Waals surface area contributed by atoms with E-state index in [0.717, 1.165) is 0 Å². The van der Waals surface area contributed by atoms with E-state index in [1.165, 1.54) is 18.2 Å². The Kier molecular flexibility index (Phi) is 5.37. The predicted molar refractivity (Wildman–Crippen MR) is 99.5 cm³/mol. The number of aromatic nitrogens is 3. The van der Waals surface area contributed by atoms with Crippen LogP contribution in [-0.4, -0.2) is 14.8 Å². The van der Waals surface area contributed by atoms with Crippen molar-refractivity contribution in [3.63, 3.8) is 0 Å². The summed E-state index contributed by atoms with van der Waals surface area (Å²) in [7, 11) is 0. The highest BCUT2D eigenvalue weighted by Gasteiger charge is 2.15. The Bertz CT molecular complexity index is 956. The second-order valence-corrected chi connectivity index (χ2v) is 5.75. The third-order valence-corrected chi connectivity index (χ3v) is 4.06. The molecule has 0 aliphatic carbocycles. The molecule has 2 heterocycles. The number of benzene rings is 1. The summed E-state index contributed by atoms with van der Waals surface area (Å²) in [4.78, 5) is 4.32. The highest BCUT2D eigenvalue weighted by atomic mass is 19.1. The fraction of sp³-hybridized carbons (Fsp3) is 0.143. The summed E-state index contributed by atoms with van der Waals surface area (Å²) in [5.74, 6) is -0.631. The fourth-order valence-electron chi connectivity index (χ4n) is 2.71. The molecular weight excluding hydrogens is 332 g/mol. The topological polar surface area (TPSA) is 30.7 Å². The molecule has 0 aliphatic rings. The van der Waals surface area contributed by atoms with Crippen LogP contribution < -0.4 is 0 Å². The summed E-state index contributed by atoms with van der Waals surface area (Å²) in [6.07, 6.45) is 4.82. The van der Waals surface area contributed by atoms with E-state index in [9.17, 15) is 8.78 Å². The average Bonchev–Trinajstić information content (AvgIpc) is 3.10. The largest absolute Gasteiger partial charge is 0.260 e. The maximum atomic E-state index is 14.1. The number of hydrogen-bond donors (Lipinski definition) is 0. The summed E-state index contributed by atoms with van der Waals surface area (Å²) < 4.78 is 29.5. The van der Waals surface area contributed by atoms with E-state index in [-0.39, 0.29) is 18.2 Å². The fourth-order valence-corrected chi connectivity index (χ4v) is 2.71. The van der Waals surface area contributed by atoms with Crippen LogP contribution in [0.5, 0.6) is 0 Å². The summed E-state index contributed by atoms with van der Waals surface area (Å²) in [6, 6.07) is 13.7. The number of pyridine rings is 1. The molecule has 0 spiro atoms. The van der Waals surface area contributed by atoms with Gasteiger partial charge in [-0.15, -0.1) is 0 Å². The maximum absolute atomic E-state index is 14.1. The molecule has 1 aromatic carbocycles. The van der Waals surface area contributed by atoms with Crippen LogP contribution in [0, 0.1) is 5.82 Å². The molecule has 0 atom stereocenters. The number of halogens is 2. The van der Waals surface area contributed by atoms with Gasteiger partial charge in [0.2, 0.25) is 0 Å². The van der Waals surface area contributed by atoms with Crippen molar-refractivity contribution in [2.45, 2.75) is 20.4 Å². The molecule has 0 bridgehead atoms. The zero-order valence-electron chi connectivity index (χ0n) is 14.7. The van der Waals surface area contributed by atoms with Gasteiger partial charge in [-0.2, -0.15) is 5.10 Å². The molecule has 3 rings (SSSR count). The quantitative estimate of drug-likeness (QED) is 0.563. The van der Waals surface area contributed by atoms with Crippen molar-refractivity contribution < 1.29 is 8.78 Å². The first-order valence-corrected chi connectivity index (χ1v) is 8.35. The van der Waals surface area contributed by atoms with Gasteiger partial charge in [-0.1, -0.05) is 30.4 Å². The Morgan fingerprint density at radius 1 is 1.04 bits per heavy atom. The minimum atomic E-state index is -0.333. The van der Waals surface area contributed by atoms with Crippen LogP contribution >= 0.6 is 0 Å². The zero-order chi connectivity index (χ0) is 18.5. The van der Waals surface area contributed by atoms with Gasteiger partial charge in [0.25, 0.3) is 0 Å². The van der Waals surface area contributed by atoms with Crippen molar-refractivity contribution in [1.29, 1.82) is 0 Å². The van der Waals surface area contributed by atoms with E-state index in [4.69, 9.17) is 0 Å². The second-order valence-electron chi connectivity index (χ2n) is 5.75. The van der Waals surface area contributed by atoms with Gasteiger partial charge >= 0.3 is 0 Å². The maximum Gasteiger partial charge on any atom is 0.123 e. The molecule has 3 nitrogen and oxygen atoms in total. The highest BCUT2D eigenvalue weighted by molar-refractivity contribution is 5.67. The summed E-state index contributed by atoms with van der Waals surface area (Å²) in [6.45, 7) is 3.67. The average molecular weight is 351 g/mol. The zero-order valence-corrected chi connectivity index (χ0v) is 14.7. The molecule has 0 unspecified atom stereocenters. The standard InChI is InChI=1S/C21H19F2N3/c1-3-15(18(23)4-2)14-26-21(16-8-7-9-17(22)12-16)13-20(25-26)19-10-5-6-11-24-19/h3-13H,14H2,1-2H3. The molecule has 26 heavy (non-hydrogen) atoms. The van der Waals surface area contributed by atoms with Gasteiger partial charge in [-0.05, 0) is 44.2 Å². The van der Waals surface area contributed by atoms with Crippen molar-refractivity contribution >= 4 is 0 Å². The first-order valence-electron chi connectivity index (χ1n) is 8.35. The van der Waals surface area contributed by atoms with Gasteiger partial charge in [0, 0.05) is 17.3 Å². The summed E-state index contributed by atoms with van der Waals surface area (Å²) in [5.41, 5.74) is 3.25. The van der Waals surface area contributed by atoms with Crippen LogP contribution in [0.4, 0.5) is 8.78 Å². The third-order valence-electron chi connectivity index (χ3n) is 4.06. The van der Waals surface area contributed by atoms with Gasteiger partial charge < -0.3 is 0 Å². The van der Waals surface area contributed by atoms with Crippen molar-refractivity contribution in [3.05, 3.63) is 84.1 Å². The first kappa shape index (κ1) is 17.7. The normalized spacial score (nSPS) is 12.5. The van der Waals surface area contributed by atoms with Gasteiger partial charge in [-0.25, -0.2) is 8.78 Å². The smallest absolute Gasteiger partial charge is 0.123 e. The number of rotatable bonds is 5. The Morgan fingerprint density at radius 2 is 1.88 bits per heavy atom. The van der Waals surface area contributed by atoms with Gasteiger partial charge in [0.1, 0.15) is 17.3 Å². The van der Waals surface area contributed by atoms with Crippen molar-refractivity contribution in [1.82, 2.24) is 14.8 Å². The Morgan fingerprint density at radius 3 is 2.54 bits per heavy atom. The van der Waals surface area contributed by atoms with Crippen LogP contribution in [0.15, 0.2) is 78.3 Å². The van der Waals surface area contributed by atoms with Crippen molar-refractivity contribution in [3.8, 4) is 22.6 Å². The predicted octanol–water partition coefficient (Wildman–Crippen LogP) is 5.57. The van der Waals surface area contributed by atoms with Gasteiger partial charge in [0.15, 0.2) is 0 Å². The molecule has 0 N–H and O–H groups in total. The number of hydrogen-bond acceptors (Lipinski definition) is 2. The van der Waals surface area contributed by atoms with E-state index in [0.29, 0.717) is 28.2 Å². The van der Waals surface area contributed by atoms with E-state index < -0.39 is 0 Å². The molecule has 3 aromatic rings. The molecule has 0 amide bonds.